The van der Waals surface area contributed by atoms with E-state index in [4.69, 9.17) is 0 Å². The molecule has 1 rings (SSSR count). The van der Waals surface area contributed by atoms with Gasteiger partial charge in [-0.15, -0.1) is 0 Å². The van der Waals surface area contributed by atoms with Gasteiger partial charge in [-0.2, -0.15) is 0 Å². The van der Waals surface area contributed by atoms with Crippen LogP contribution in [-0.2, 0) is 0 Å². The van der Waals surface area contributed by atoms with Crippen LogP contribution in [0.2, 0.25) is 0 Å². The Balaban J connectivity index is 2.63. The second kappa shape index (κ2) is 14.7. The van der Waals surface area contributed by atoms with Gasteiger partial charge in [0.2, 0.25) is 0 Å². The highest BCUT2D eigenvalue weighted by atomic mass is 16.3. The Morgan fingerprint density at radius 3 is 1.83 bits per heavy atom. The molecule has 1 aromatic carbocycles. The summed E-state index contributed by atoms with van der Waals surface area (Å²) in [5.74, 6) is -2.77. The standard InChI is InChI=1S/C24H39NO5/c1-3-5-7-9-10-11-12-13-15-18(26)21-19(27)17-20(28)22(23(21)29)24(30)25-16-14-8-6-4-2/h17,27-29H,3-16H2,1-2H3,(H,25,30). The van der Waals surface area contributed by atoms with Crippen LogP contribution >= 0.6 is 0 Å². The van der Waals surface area contributed by atoms with E-state index in [2.05, 4.69) is 19.2 Å². The fraction of sp³-hybridized carbons (Fsp3) is 0.667. The molecule has 0 atom stereocenters. The van der Waals surface area contributed by atoms with E-state index in [-0.39, 0.29) is 17.5 Å². The molecule has 0 radical (unpaired) electrons. The van der Waals surface area contributed by atoms with Crippen LogP contribution in [0.3, 0.4) is 0 Å². The zero-order chi connectivity index (χ0) is 22.4. The summed E-state index contributed by atoms with van der Waals surface area (Å²) in [6, 6.07) is 0.951. The normalized spacial score (nSPS) is 10.9. The number of Topliss-reactive ketones (excluding diaryl/α,β-unsaturated/α-hetero) is 1. The van der Waals surface area contributed by atoms with Crippen LogP contribution < -0.4 is 5.32 Å². The molecule has 0 aromatic heterocycles. The molecule has 4 N–H and O–H groups in total. The van der Waals surface area contributed by atoms with E-state index in [1.807, 2.05) is 0 Å². The van der Waals surface area contributed by atoms with Crippen LogP contribution in [0, 0.1) is 0 Å². The van der Waals surface area contributed by atoms with Crippen molar-refractivity contribution in [1.82, 2.24) is 5.32 Å². The molecule has 30 heavy (non-hydrogen) atoms. The number of carbonyl (C=O) groups is 2. The average Bonchev–Trinajstić information content (AvgIpc) is 2.69. The van der Waals surface area contributed by atoms with Gasteiger partial charge in [-0.3, -0.25) is 9.59 Å². The second-order valence-electron chi connectivity index (χ2n) is 7.98. The lowest BCUT2D eigenvalue weighted by Crippen LogP contribution is -2.25. The van der Waals surface area contributed by atoms with Crippen LogP contribution in [0.1, 0.15) is 118 Å². The van der Waals surface area contributed by atoms with Crippen LogP contribution in [0.15, 0.2) is 6.07 Å². The van der Waals surface area contributed by atoms with Gasteiger partial charge in [-0.25, -0.2) is 0 Å². The van der Waals surface area contributed by atoms with Gasteiger partial charge in [0.1, 0.15) is 28.4 Å². The first-order valence-corrected chi connectivity index (χ1v) is 11.5. The number of nitrogens with one attached hydrogen (secondary N) is 1. The Bertz CT molecular complexity index is 672. The Kier molecular flexibility index (Phi) is 12.6. The van der Waals surface area contributed by atoms with Gasteiger partial charge in [0.25, 0.3) is 5.91 Å². The highest BCUT2D eigenvalue weighted by molar-refractivity contribution is 6.08. The van der Waals surface area contributed by atoms with Gasteiger partial charge >= 0.3 is 0 Å². The van der Waals surface area contributed by atoms with Gasteiger partial charge in [0, 0.05) is 19.0 Å². The number of rotatable bonds is 16. The van der Waals surface area contributed by atoms with Gasteiger partial charge in [-0.05, 0) is 12.8 Å². The molecular formula is C24H39NO5. The molecule has 0 fully saturated rings. The Morgan fingerprint density at radius 1 is 0.733 bits per heavy atom. The summed E-state index contributed by atoms with van der Waals surface area (Å²) < 4.78 is 0. The molecule has 0 saturated carbocycles. The van der Waals surface area contributed by atoms with E-state index in [1.54, 1.807) is 0 Å². The largest absolute Gasteiger partial charge is 0.507 e. The van der Waals surface area contributed by atoms with E-state index in [9.17, 15) is 24.9 Å². The summed E-state index contributed by atoms with van der Waals surface area (Å²) in [5, 5.41) is 33.2. The first-order chi connectivity index (χ1) is 14.4. The SMILES string of the molecule is CCCCCCCCCCC(=O)c1c(O)cc(O)c(C(=O)NCCCCCC)c1O. The monoisotopic (exact) mass is 421 g/mol. The number of carbonyl (C=O) groups excluding carboxylic acids is 2. The topological polar surface area (TPSA) is 107 Å². The number of phenolic OH excluding ortho intramolecular Hbond substituents is 3. The Morgan fingerprint density at radius 2 is 1.23 bits per heavy atom. The van der Waals surface area contributed by atoms with Crippen molar-refractivity contribution in [2.45, 2.75) is 97.3 Å². The van der Waals surface area contributed by atoms with Crippen molar-refractivity contribution >= 4 is 11.7 Å². The maximum absolute atomic E-state index is 12.5. The number of amides is 1. The molecule has 0 saturated heterocycles. The summed E-state index contributed by atoms with van der Waals surface area (Å²) in [4.78, 5) is 24.9. The lowest BCUT2D eigenvalue weighted by molar-refractivity contribution is 0.0947. The summed E-state index contributed by atoms with van der Waals surface area (Å²) >= 11 is 0. The van der Waals surface area contributed by atoms with Gasteiger partial charge < -0.3 is 20.6 Å². The number of ketones is 1. The van der Waals surface area contributed by atoms with Crippen molar-refractivity contribution in [3.63, 3.8) is 0 Å². The molecule has 1 aromatic rings. The van der Waals surface area contributed by atoms with E-state index >= 15 is 0 Å². The number of hydrogen-bond acceptors (Lipinski definition) is 5. The predicted molar refractivity (Wildman–Crippen MR) is 119 cm³/mol. The van der Waals surface area contributed by atoms with E-state index in [1.165, 1.54) is 25.7 Å². The van der Waals surface area contributed by atoms with Crippen molar-refractivity contribution in [2.75, 3.05) is 6.54 Å². The summed E-state index contributed by atoms with van der Waals surface area (Å²) in [6.45, 7) is 4.69. The molecule has 6 heteroatoms. The third-order valence-corrected chi connectivity index (χ3v) is 5.34. The fourth-order valence-electron chi connectivity index (χ4n) is 3.53. The molecule has 0 spiro atoms. The zero-order valence-corrected chi connectivity index (χ0v) is 18.6. The molecule has 0 aliphatic carbocycles. The smallest absolute Gasteiger partial charge is 0.258 e. The Labute approximate surface area is 180 Å². The Hall–Kier alpha value is -2.24. The predicted octanol–water partition coefficient (Wildman–Crippen LogP) is 5.83. The van der Waals surface area contributed by atoms with Crippen molar-refractivity contribution in [3.05, 3.63) is 17.2 Å². The van der Waals surface area contributed by atoms with E-state index in [0.29, 0.717) is 13.0 Å². The number of unbranched alkanes of at least 4 members (excludes halogenated alkanes) is 10. The van der Waals surface area contributed by atoms with E-state index < -0.39 is 28.9 Å². The lowest BCUT2D eigenvalue weighted by Gasteiger charge is -2.13. The minimum Gasteiger partial charge on any atom is -0.507 e. The summed E-state index contributed by atoms with van der Waals surface area (Å²) in [6.07, 6.45) is 12.8. The minimum atomic E-state index is -0.650. The zero-order valence-electron chi connectivity index (χ0n) is 18.6. The van der Waals surface area contributed by atoms with Gasteiger partial charge in [0.05, 0.1) is 0 Å². The molecule has 0 unspecified atom stereocenters. The maximum atomic E-state index is 12.5. The highest BCUT2D eigenvalue weighted by Crippen LogP contribution is 2.38. The summed E-state index contributed by atoms with van der Waals surface area (Å²) in [5.41, 5.74) is -0.644. The molecule has 0 aliphatic heterocycles. The van der Waals surface area contributed by atoms with Crippen molar-refractivity contribution in [2.24, 2.45) is 0 Å². The number of benzene rings is 1. The van der Waals surface area contributed by atoms with Crippen molar-refractivity contribution in [1.29, 1.82) is 0 Å². The molecule has 170 valence electrons. The van der Waals surface area contributed by atoms with Crippen LogP contribution in [0.4, 0.5) is 0 Å². The number of hydrogen-bond donors (Lipinski definition) is 4. The van der Waals surface area contributed by atoms with Crippen LogP contribution in [0.25, 0.3) is 0 Å². The molecule has 1 amide bonds. The molecule has 0 aliphatic rings. The molecule has 0 bridgehead atoms. The second-order valence-corrected chi connectivity index (χ2v) is 7.98. The van der Waals surface area contributed by atoms with Crippen molar-refractivity contribution in [3.8, 4) is 17.2 Å². The third kappa shape index (κ3) is 8.64. The molecule has 6 nitrogen and oxygen atoms in total. The maximum Gasteiger partial charge on any atom is 0.258 e. The molecular weight excluding hydrogens is 382 g/mol. The van der Waals surface area contributed by atoms with Crippen LogP contribution in [0.5, 0.6) is 17.2 Å². The average molecular weight is 422 g/mol. The minimum absolute atomic E-state index is 0.179. The first kappa shape index (κ1) is 25.8. The quantitative estimate of drug-likeness (QED) is 0.198. The van der Waals surface area contributed by atoms with Crippen LogP contribution in [-0.4, -0.2) is 33.6 Å². The van der Waals surface area contributed by atoms with E-state index in [0.717, 1.165) is 51.0 Å². The lowest BCUT2D eigenvalue weighted by atomic mass is 9.98. The van der Waals surface area contributed by atoms with Crippen molar-refractivity contribution < 1.29 is 24.9 Å². The number of phenols is 3. The van der Waals surface area contributed by atoms with Gasteiger partial charge in [-0.1, -0.05) is 78.1 Å². The fourth-order valence-corrected chi connectivity index (χ4v) is 3.53. The highest BCUT2D eigenvalue weighted by Gasteiger charge is 2.26. The number of aromatic hydroxyl groups is 3. The third-order valence-electron chi connectivity index (χ3n) is 5.34. The summed E-state index contributed by atoms with van der Waals surface area (Å²) in [7, 11) is 0. The molecule has 0 heterocycles. The first-order valence-electron chi connectivity index (χ1n) is 11.5. The van der Waals surface area contributed by atoms with Gasteiger partial charge in [0.15, 0.2) is 5.78 Å².